The zero-order chi connectivity index (χ0) is 23.5. The highest BCUT2D eigenvalue weighted by atomic mass is 32.2. The third-order valence-corrected chi connectivity index (χ3v) is 6.88. The van der Waals surface area contributed by atoms with Crippen LogP contribution in [0.3, 0.4) is 0 Å². The van der Waals surface area contributed by atoms with Gasteiger partial charge in [0, 0.05) is 37.9 Å². The van der Waals surface area contributed by atoms with Crippen molar-refractivity contribution in [3.63, 3.8) is 0 Å². The second-order valence-electron chi connectivity index (χ2n) is 7.20. The maximum atomic E-state index is 13.0. The summed E-state index contributed by atoms with van der Waals surface area (Å²) in [4.78, 5) is 5.71. The monoisotopic (exact) mass is 468 g/mol. The normalized spacial score (nSPS) is 18.7. The molecule has 0 saturated carbocycles. The number of halogens is 3. The largest absolute Gasteiger partial charge is 0.418 e. The minimum atomic E-state index is -4.76. The molecule has 1 aliphatic rings. The summed E-state index contributed by atoms with van der Waals surface area (Å²) in [5.74, 6) is 6.21. The maximum Gasteiger partial charge on any atom is 0.418 e. The highest BCUT2D eigenvalue weighted by Crippen LogP contribution is 2.33. The lowest BCUT2D eigenvalue weighted by molar-refractivity contribution is -0.206. The number of rotatable bonds is 4. The van der Waals surface area contributed by atoms with E-state index >= 15 is 0 Å². The molecule has 2 unspecified atom stereocenters. The van der Waals surface area contributed by atoms with Crippen LogP contribution in [0, 0.1) is 11.8 Å². The van der Waals surface area contributed by atoms with Crippen LogP contribution in [-0.2, 0) is 10.0 Å². The van der Waals surface area contributed by atoms with Gasteiger partial charge in [-0.25, -0.2) is 13.4 Å². The minimum absolute atomic E-state index is 0.0211. The first kappa shape index (κ1) is 23.8. The van der Waals surface area contributed by atoms with Gasteiger partial charge in [-0.3, -0.25) is 0 Å². The Bertz CT molecular complexity index is 1090. The number of piperazine rings is 1. The van der Waals surface area contributed by atoms with E-state index in [1.165, 1.54) is 46.9 Å². The van der Waals surface area contributed by atoms with Crippen LogP contribution in [0.15, 0.2) is 47.5 Å². The molecule has 0 amide bonds. The van der Waals surface area contributed by atoms with Gasteiger partial charge in [-0.1, -0.05) is 25.0 Å². The van der Waals surface area contributed by atoms with E-state index in [0.29, 0.717) is 12.1 Å². The van der Waals surface area contributed by atoms with Crippen LogP contribution in [0.1, 0.15) is 25.0 Å². The van der Waals surface area contributed by atoms with Crippen molar-refractivity contribution in [2.75, 3.05) is 30.3 Å². The van der Waals surface area contributed by atoms with Gasteiger partial charge < -0.3 is 15.7 Å². The zero-order valence-electron chi connectivity index (χ0n) is 17.2. The number of pyridine rings is 1. The summed E-state index contributed by atoms with van der Waals surface area (Å²) in [5.41, 5.74) is 5.86. The van der Waals surface area contributed by atoms with Crippen molar-refractivity contribution in [1.29, 1.82) is 0 Å². The molecule has 11 heteroatoms. The fraction of sp³-hybridized carbons (Fsp3) is 0.381. The predicted octanol–water partition coefficient (Wildman–Crippen LogP) is 2.55. The standard InChI is InChI=1S/C21H23F3N4O3S/c1-2-3-4-17-14-27(32(30,31)18-9-10-19(25)26-13-18)11-12-28(17)16-7-5-15(6-8-16)20(29)21(22,23)24/h5-10,13,17,20,29H,2,11-12,14H2,1H3,(H2,25,26). The summed E-state index contributed by atoms with van der Waals surface area (Å²) in [6, 6.07) is 7.66. The van der Waals surface area contributed by atoms with Gasteiger partial charge in [0.15, 0.2) is 6.10 Å². The number of aliphatic hydroxyl groups excluding tert-OH is 1. The Kier molecular flexibility index (Phi) is 6.97. The van der Waals surface area contributed by atoms with Gasteiger partial charge >= 0.3 is 6.18 Å². The van der Waals surface area contributed by atoms with Crippen molar-refractivity contribution in [2.24, 2.45) is 0 Å². The van der Waals surface area contributed by atoms with Crippen LogP contribution in [0.25, 0.3) is 0 Å². The molecule has 7 nitrogen and oxygen atoms in total. The lowest BCUT2D eigenvalue weighted by atomic mass is 10.1. The minimum Gasteiger partial charge on any atom is -0.384 e. The maximum absolute atomic E-state index is 13.0. The second kappa shape index (κ2) is 9.36. The molecule has 3 N–H and O–H groups in total. The summed E-state index contributed by atoms with van der Waals surface area (Å²) in [6.45, 7) is 2.38. The highest BCUT2D eigenvalue weighted by Gasteiger charge is 2.39. The number of nitrogen functional groups attached to an aromatic ring is 1. The number of hydrogen-bond donors (Lipinski definition) is 2. The first-order valence-corrected chi connectivity index (χ1v) is 11.3. The van der Waals surface area contributed by atoms with Crippen molar-refractivity contribution in [1.82, 2.24) is 9.29 Å². The molecule has 172 valence electrons. The number of nitrogens with two attached hydrogens (primary N) is 1. The molecule has 32 heavy (non-hydrogen) atoms. The molecule has 1 saturated heterocycles. The molecular weight excluding hydrogens is 445 g/mol. The van der Waals surface area contributed by atoms with Gasteiger partial charge in [-0.2, -0.15) is 17.5 Å². The average Bonchev–Trinajstić information content (AvgIpc) is 2.77. The SMILES string of the molecule is CCC#CC1CN(S(=O)(=O)c2ccc(N)nc2)CCN1c1ccc(C(O)C(F)(F)F)cc1. The van der Waals surface area contributed by atoms with E-state index in [4.69, 9.17) is 5.73 Å². The number of nitrogens with zero attached hydrogens (tertiary/aromatic N) is 3. The van der Waals surface area contributed by atoms with Crippen molar-refractivity contribution in [3.05, 3.63) is 48.2 Å². The van der Waals surface area contributed by atoms with E-state index in [9.17, 15) is 26.7 Å². The van der Waals surface area contributed by atoms with Crippen LogP contribution < -0.4 is 10.6 Å². The molecule has 0 spiro atoms. The van der Waals surface area contributed by atoms with Crippen molar-refractivity contribution in [2.45, 2.75) is 36.6 Å². The predicted molar refractivity (Wildman–Crippen MR) is 114 cm³/mol. The lowest BCUT2D eigenvalue weighted by Crippen LogP contribution is -2.54. The molecule has 3 rings (SSSR count). The van der Waals surface area contributed by atoms with Gasteiger partial charge in [0.05, 0.1) is 0 Å². The van der Waals surface area contributed by atoms with Gasteiger partial charge in [0.1, 0.15) is 16.8 Å². The van der Waals surface area contributed by atoms with Crippen LogP contribution in [-0.4, -0.2) is 54.7 Å². The van der Waals surface area contributed by atoms with Gasteiger partial charge in [-0.15, -0.1) is 5.92 Å². The Balaban J connectivity index is 1.84. The first-order valence-electron chi connectivity index (χ1n) is 9.85. The van der Waals surface area contributed by atoms with E-state index in [1.807, 2.05) is 11.8 Å². The number of alkyl halides is 3. The van der Waals surface area contributed by atoms with E-state index in [-0.39, 0.29) is 35.9 Å². The number of aliphatic hydroxyl groups is 1. The smallest absolute Gasteiger partial charge is 0.384 e. The summed E-state index contributed by atoms with van der Waals surface area (Å²) >= 11 is 0. The number of aromatic nitrogens is 1. The molecule has 1 aliphatic heterocycles. The number of hydrogen-bond acceptors (Lipinski definition) is 6. The Labute approximate surface area is 184 Å². The Morgan fingerprint density at radius 1 is 1.22 bits per heavy atom. The quantitative estimate of drug-likeness (QED) is 0.669. The van der Waals surface area contributed by atoms with E-state index < -0.39 is 28.3 Å². The molecule has 1 fully saturated rings. The van der Waals surface area contributed by atoms with Crippen LogP contribution in [0.4, 0.5) is 24.7 Å². The van der Waals surface area contributed by atoms with Crippen molar-refractivity contribution >= 4 is 21.5 Å². The Morgan fingerprint density at radius 3 is 2.47 bits per heavy atom. The summed E-state index contributed by atoms with van der Waals surface area (Å²) in [6.07, 6.45) is -5.56. The Morgan fingerprint density at radius 2 is 1.91 bits per heavy atom. The van der Waals surface area contributed by atoms with Gasteiger partial charge in [0.25, 0.3) is 0 Å². The summed E-state index contributed by atoms with van der Waals surface area (Å²) < 4.78 is 65.6. The molecule has 0 radical (unpaired) electrons. The molecular formula is C21H23F3N4O3S. The summed E-state index contributed by atoms with van der Waals surface area (Å²) in [5, 5.41) is 9.43. The highest BCUT2D eigenvalue weighted by molar-refractivity contribution is 7.89. The van der Waals surface area contributed by atoms with Gasteiger partial charge in [-0.05, 0) is 29.8 Å². The summed E-state index contributed by atoms with van der Waals surface area (Å²) in [7, 11) is -3.81. The number of benzene rings is 1. The molecule has 1 aromatic heterocycles. The Hall–Kier alpha value is -2.81. The van der Waals surface area contributed by atoms with E-state index in [1.54, 1.807) is 0 Å². The molecule has 0 bridgehead atoms. The van der Waals surface area contributed by atoms with Crippen LogP contribution in [0.5, 0.6) is 0 Å². The van der Waals surface area contributed by atoms with E-state index in [0.717, 1.165) is 0 Å². The zero-order valence-corrected chi connectivity index (χ0v) is 18.1. The lowest BCUT2D eigenvalue weighted by Gasteiger charge is -2.40. The van der Waals surface area contributed by atoms with E-state index in [2.05, 4.69) is 16.8 Å². The third kappa shape index (κ3) is 5.15. The van der Waals surface area contributed by atoms with Crippen molar-refractivity contribution in [3.8, 4) is 11.8 Å². The second-order valence-corrected chi connectivity index (χ2v) is 9.14. The molecule has 2 atom stereocenters. The molecule has 2 heterocycles. The third-order valence-electron chi connectivity index (χ3n) is 5.04. The topological polar surface area (TPSA) is 99.8 Å². The molecule has 1 aromatic carbocycles. The molecule has 0 aliphatic carbocycles. The van der Waals surface area contributed by atoms with Crippen LogP contribution in [0.2, 0.25) is 0 Å². The fourth-order valence-corrected chi connectivity index (χ4v) is 4.74. The number of sulfonamides is 1. The van der Waals surface area contributed by atoms with Gasteiger partial charge in [0.2, 0.25) is 10.0 Å². The number of anilines is 2. The first-order chi connectivity index (χ1) is 15.0. The fourth-order valence-electron chi connectivity index (χ4n) is 3.36. The van der Waals surface area contributed by atoms with Crippen LogP contribution >= 0.6 is 0 Å². The van der Waals surface area contributed by atoms with Crippen molar-refractivity contribution < 1.29 is 26.7 Å². The average molecular weight is 469 g/mol. The molecule has 2 aromatic rings.